The monoisotopic (exact) mass is 476 g/mol. The molecule has 2 atom stereocenters. The number of aromatic nitrogens is 3. The van der Waals surface area contributed by atoms with Gasteiger partial charge < -0.3 is 14.5 Å². The van der Waals surface area contributed by atoms with Gasteiger partial charge in [0.25, 0.3) is 0 Å². The minimum atomic E-state index is -0.434. The second-order valence-corrected chi connectivity index (χ2v) is 10.9. The highest BCUT2D eigenvalue weighted by atomic mass is 35.5. The van der Waals surface area contributed by atoms with E-state index >= 15 is 0 Å². The SMILES string of the molecule is COc1cc2c(cc1NC(=O)C13C[C@@H]4C[C@@H](C1)CC(n1cnc(Cl)n1)(C4)C3)oc1ccccc12. The molecule has 0 aliphatic heterocycles. The van der Waals surface area contributed by atoms with Gasteiger partial charge in [-0.3, -0.25) is 4.79 Å². The predicted molar refractivity (Wildman–Crippen MR) is 129 cm³/mol. The number of ether oxygens (including phenoxy) is 1. The molecular weight excluding hydrogens is 452 g/mol. The van der Waals surface area contributed by atoms with Crippen LogP contribution in [-0.4, -0.2) is 27.8 Å². The largest absolute Gasteiger partial charge is 0.495 e. The molecule has 0 spiro atoms. The van der Waals surface area contributed by atoms with Gasteiger partial charge in [-0.2, -0.15) is 0 Å². The molecule has 1 amide bonds. The molecule has 2 heterocycles. The van der Waals surface area contributed by atoms with Crippen molar-refractivity contribution in [3.63, 3.8) is 0 Å². The summed E-state index contributed by atoms with van der Waals surface area (Å²) >= 11 is 6.07. The van der Waals surface area contributed by atoms with E-state index in [-0.39, 0.29) is 16.7 Å². The molecule has 0 unspecified atom stereocenters. The van der Waals surface area contributed by atoms with Crippen LogP contribution < -0.4 is 10.1 Å². The third-order valence-corrected chi connectivity index (χ3v) is 8.58. The zero-order chi connectivity index (χ0) is 23.1. The van der Waals surface area contributed by atoms with Crippen molar-refractivity contribution in [1.29, 1.82) is 0 Å². The maximum absolute atomic E-state index is 14.0. The number of carbonyl (C=O) groups excluding carboxylic acids is 1. The van der Waals surface area contributed by atoms with Crippen LogP contribution in [0.3, 0.4) is 0 Å². The van der Waals surface area contributed by atoms with Gasteiger partial charge in [0.1, 0.15) is 23.2 Å². The fourth-order valence-electron chi connectivity index (χ4n) is 7.49. The van der Waals surface area contributed by atoms with Crippen LogP contribution in [0.5, 0.6) is 5.75 Å². The number of carbonyl (C=O) groups is 1. The molecule has 34 heavy (non-hydrogen) atoms. The predicted octanol–water partition coefficient (Wildman–Crippen LogP) is 5.77. The number of furan rings is 1. The smallest absolute Gasteiger partial charge is 0.242 e. The molecule has 2 aromatic carbocycles. The molecule has 4 aromatic rings. The standard InChI is InChI=1S/C26H25ClN4O3/c1-33-22-7-18-17-4-2-3-5-20(17)34-21(18)8-19(22)29-23(32)25-9-15-6-16(10-25)12-26(11-15,13-25)31-14-28-24(27)30-31/h2-5,7-8,14-16H,6,9-13H2,1H3,(H,29,32)/t15-,16-,25?,26?/m0/s1. The van der Waals surface area contributed by atoms with Crippen molar-refractivity contribution in [1.82, 2.24) is 14.8 Å². The number of hydrogen-bond acceptors (Lipinski definition) is 5. The molecule has 4 bridgehead atoms. The van der Waals surface area contributed by atoms with Gasteiger partial charge in [-0.05, 0) is 74.1 Å². The Bertz CT molecular complexity index is 1440. The molecular formula is C26H25ClN4O3. The fourth-order valence-corrected chi connectivity index (χ4v) is 7.62. The lowest BCUT2D eigenvalue weighted by Gasteiger charge is -2.60. The summed E-state index contributed by atoms with van der Waals surface area (Å²) in [6, 6.07) is 11.8. The second-order valence-electron chi connectivity index (χ2n) is 10.5. The molecule has 0 saturated heterocycles. The van der Waals surface area contributed by atoms with E-state index in [1.54, 1.807) is 13.4 Å². The van der Waals surface area contributed by atoms with Crippen molar-refractivity contribution in [3.05, 3.63) is 48.0 Å². The third kappa shape index (κ3) is 2.86. The number of rotatable bonds is 4. The highest BCUT2D eigenvalue weighted by molar-refractivity contribution is 6.28. The summed E-state index contributed by atoms with van der Waals surface area (Å²) < 4.78 is 13.7. The van der Waals surface area contributed by atoms with Crippen LogP contribution in [0.4, 0.5) is 5.69 Å². The topological polar surface area (TPSA) is 82.2 Å². The normalized spacial score (nSPS) is 29.7. The molecule has 4 aliphatic rings. The van der Waals surface area contributed by atoms with Crippen LogP contribution in [0.1, 0.15) is 38.5 Å². The van der Waals surface area contributed by atoms with Crippen molar-refractivity contribution in [2.45, 2.75) is 44.1 Å². The Balaban J connectivity index is 1.26. The molecule has 4 aliphatic carbocycles. The summed E-state index contributed by atoms with van der Waals surface area (Å²) in [6.45, 7) is 0. The first kappa shape index (κ1) is 20.3. The van der Waals surface area contributed by atoms with Gasteiger partial charge >= 0.3 is 0 Å². The summed E-state index contributed by atoms with van der Waals surface area (Å²) in [5.74, 6) is 1.71. The van der Waals surface area contributed by atoms with Crippen molar-refractivity contribution in [2.75, 3.05) is 12.4 Å². The molecule has 0 radical (unpaired) electrons. The number of nitrogens with one attached hydrogen (secondary N) is 1. The molecule has 1 N–H and O–H groups in total. The van der Waals surface area contributed by atoms with E-state index in [1.165, 1.54) is 6.42 Å². The molecule has 4 fully saturated rings. The Kier molecular flexibility index (Phi) is 4.17. The molecule has 2 aromatic heterocycles. The number of anilines is 1. The Labute approximate surface area is 201 Å². The van der Waals surface area contributed by atoms with Gasteiger partial charge in [0.05, 0.1) is 23.8 Å². The first-order chi connectivity index (χ1) is 16.5. The van der Waals surface area contributed by atoms with E-state index in [0.717, 1.165) is 54.0 Å². The molecule has 174 valence electrons. The van der Waals surface area contributed by atoms with Gasteiger partial charge in [0.15, 0.2) is 0 Å². The number of fused-ring (bicyclic) bond motifs is 3. The van der Waals surface area contributed by atoms with Crippen molar-refractivity contribution < 1.29 is 13.9 Å². The highest BCUT2D eigenvalue weighted by Gasteiger charge is 2.61. The highest BCUT2D eigenvalue weighted by Crippen LogP contribution is 2.64. The first-order valence-corrected chi connectivity index (χ1v) is 12.2. The summed E-state index contributed by atoms with van der Waals surface area (Å²) in [7, 11) is 1.63. The zero-order valence-corrected chi connectivity index (χ0v) is 19.6. The Morgan fingerprint density at radius 3 is 2.68 bits per heavy atom. The number of nitrogens with zero attached hydrogens (tertiary/aromatic N) is 3. The summed E-state index contributed by atoms with van der Waals surface area (Å²) in [5, 5.41) is 9.97. The van der Waals surface area contributed by atoms with Crippen LogP contribution in [0.2, 0.25) is 5.28 Å². The number of hydrogen-bond donors (Lipinski definition) is 1. The van der Waals surface area contributed by atoms with E-state index in [2.05, 4.69) is 15.4 Å². The summed E-state index contributed by atoms with van der Waals surface area (Å²) in [5.41, 5.74) is 1.58. The lowest BCUT2D eigenvalue weighted by atomic mass is 9.46. The fraction of sp³-hybridized carbons (Fsp3) is 0.423. The molecule has 8 heteroatoms. The van der Waals surface area contributed by atoms with E-state index in [4.69, 9.17) is 20.8 Å². The van der Waals surface area contributed by atoms with Crippen molar-refractivity contribution in [3.8, 4) is 5.75 Å². The van der Waals surface area contributed by atoms with Crippen LogP contribution in [0, 0.1) is 17.3 Å². The molecule has 7 nitrogen and oxygen atoms in total. The Morgan fingerprint density at radius 2 is 1.94 bits per heavy atom. The lowest BCUT2D eigenvalue weighted by molar-refractivity contribution is -0.150. The van der Waals surface area contributed by atoms with E-state index < -0.39 is 5.41 Å². The van der Waals surface area contributed by atoms with Crippen LogP contribution in [-0.2, 0) is 10.3 Å². The number of para-hydroxylation sites is 1. The average molecular weight is 477 g/mol. The maximum Gasteiger partial charge on any atom is 0.242 e. The lowest BCUT2D eigenvalue weighted by Crippen LogP contribution is -2.60. The van der Waals surface area contributed by atoms with Crippen molar-refractivity contribution in [2.24, 2.45) is 17.3 Å². The van der Waals surface area contributed by atoms with Gasteiger partial charge in [0.2, 0.25) is 11.2 Å². The minimum absolute atomic E-state index is 0.0611. The van der Waals surface area contributed by atoms with Crippen LogP contribution >= 0.6 is 11.6 Å². The second kappa shape index (κ2) is 6.98. The van der Waals surface area contributed by atoms with Gasteiger partial charge in [0, 0.05) is 16.8 Å². The average Bonchev–Trinajstić information content (AvgIpc) is 3.41. The number of amides is 1. The van der Waals surface area contributed by atoms with Crippen LogP contribution in [0.15, 0.2) is 47.1 Å². The number of halogens is 1. The van der Waals surface area contributed by atoms with E-state index in [1.807, 2.05) is 41.1 Å². The Morgan fingerprint density at radius 1 is 1.15 bits per heavy atom. The van der Waals surface area contributed by atoms with Gasteiger partial charge in [-0.15, -0.1) is 5.10 Å². The Hall–Kier alpha value is -3.06. The van der Waals surface area contributed by atoms with Gasteiger partial charge in [-0.25, -0.2) is 9.67 Å². The minimum Gasteiger partial charge on any atom is -0.495 e. The van der Waals surface area contributed by atoms with E-state index in [0.29, 0.717) is 23.3 Å². The quantitative estimate of drug-likeness (QED) is 0.404. The number of methoxy groups -OCH3 is 1. The van der Waals surface area contributed by atoms with Gasteiger partial charge in [-0.1, -0.05) is 18.2 Å². The molecule has 4 saturated carbocycles. The number of benzene rings is 2. The summed E-state index contributed by atoms with van der Waals surface area (Å²) in [6.07, 6.45) is 7.57. The third-order valence-electron chi connectivity index (χ3n) is 8.41. The zero-order valence-electron chi connectivity index (χ0n) is 18.9. The first-order valence-electron chi connectivity index (χ1n) is 11.9. The summed E-state index contributed by atoms with van der Waals surface area (Å²) in [4.78, 5) is 18.1. The van der Waals surface area contributed by atoms with Crippen molar-refractivity contribution >= 4 is 45.1 Å². The molecule has 8 rings (SSSR count). The van der Waals surface area contributed by atoms with E-state index in [9.17, 15) is 4.79 Å². The van der Waals surface area contributed by atoms with Crippen LogP contribution in [0.25, 0.3) is 21.9 Å². The maximum atomic E-state index is 14.0.